The van der Waals surface area contributed by atoms with Gasteiger partial charge in [-0.3, -0.25) is 9.88 Å². The summed E-state index contributed by atoms with van der Waals surface area (Å²) in [6, 6.07) is 22.2. The van der Waals surface area contributed by atoms with Crippen LogP contribution in [-0.4, -0.2) is 46.7 Å². The molecule has 1 aliphatic rings. The van der Waals surface area contributed by atoms with Crippen molar-refractivity contribution in [1.29, 1.82) is 0 Å². The molecule has 2 aromatic carbocycles. The number of pyridine rings is 1. The van der Waals surface area contributed by atoms with E-state index >= 15 is 0 Å². The second-order valence-corrected chi connectivity index (χ2v) is 9.65. The van der Waals surface area contributed by atoms with E-state index in [0.29, 0.717) is 29.9 Å². The topological polar surface area (TPSA) is 78.5 Å². The van der Waals surface area contributed by atoms with E-state index in [4.69, 9.17) is 17.0 Å². The van der Waals surface area contributed by atoms with Crippen LogP contribution < -0.4 is 16.0 Å². The number of carbonyl (C=O) groups is 1. The summed E-state index contributed by atoms with van der Waals surface area (Å²) in [5, 5.41) is 10.7. The van der Waals surface area contributed by atoms with Crippen molar-refractivity contribution in [2.45, 2.75) is 45.8 Å². The molecule has 1 aromatic heterocycles. The van der Waals surface area contributed by atoms with Crippen LogP contribution in [0.25, 0.3) is 0 Å². The van der Waals surface area contributed by atoms with Crippen molar-refractivity contribution >= 4 is 34.7 Å². The van der Waals surface area contributed by atoms with Crippen LogP contribution in [-0.2, 0) is 17.8 Å². The summed E-state index contributed by atoms with van der Waals surface area (Å²) >= 11 is 5.67. The molecular formula is C29H35N5O2S. The summed E-state index contributed by atoms with van der Waals surface area (Å²) in [6.45, 7) is 7.65. The molecule has 2 heterocycles. The van der Waals surface area contributed by atoms with Gasteiger partial charge >= 0.3 is 5.97 Å². The Morgan fingerprint density at radius 1 is 1.05 bits per heavy atom. The van der Waals surface area contributed by atoms with Crippen LogP contribution in [0.4, 0.5) is 11.4 Å². The predicted molar refractivity (Wildman–Crippen MR) is 153 cm³/mol. The number of benzene rings is 2. The van der Waals surface area contributed by atoms with Crippen molar-refractivity contribution in [3.8, 4) is 0 Å². The molecule has 1 fully saturated rings. The number of likely N-dealkylation sites (tertiary alicyclic amines) is 1. The molecule has 0 aliphatic carbocycles. The molecule has 8 heteroatoms. The first kappa shape index (κ1) is 26.6. The van der Waals surface area contributed by atoms with Gasteiger partial charge in [0.15, 0.2) is 5.11 Å². The van der Waals surface area contributed by atoms with E-state index in [9.17, 15) is 4.79 Å². The summed E-state index contributed by atoms with van der Waals surface area (Å²) < 4.78 is 5.19. The van der Waals surface area contributed by atoms with Gasteiger partial charge in [-0.15, -0.1) is 0 Å². The SMILES string of the molecule is CCOC(=O)c1ccc(NCc2cccc(C)n2)c(NC(=S)NC2CCN(Cc3ccccc3)CC2)c1. The van der Waals surface area contributed by atoms with Crippen LogP contribution in [0.15, 0.2) is 66.7 Å². The monoisotopic (exact) mass is 517 g/mol. The third-order valence-corrected chi connectivity index (χ3v) is 6.58. The normalized spacial score (nSPS) is 14.1. The zero-order chi connectivity index (χ0) is 26.0. The van der Waals surface area contributed by atoms with E-state index in [1.54, 1.807) is 19.1 Å². The molecule has 0 radical (unpaired) electrons. The van der Waals surface area contributed by atoms with Crippen LogP contribution in [0.5, 0.6) is 0 Å². The van der Waals surface area contributed by atoms with E-state index in [0.717, 1.165) is 55.2 Å². The molecule has 0 atom stereocenters. The number of esters is 1. The molecule has 0 spiro atoms. The molecular weight excluding hydrogens is 482 g/mol. The van der Waals surface area contributed by atoms with Crippen molar-refractivity contribution in [3.05, 3.63) is 89.2 Å². The minimum absolute atomic E-state index is 0.299. The van der Waals surface area contributed by atoms with Crippen LogP contribution >= 0.6 is 12.2 Å². The van der Waals surface area contributed by atoms with E-state index in [-0.39, 0.29) is 5.97 Å². The lowest BCUT2D eigenvalue weighted by molar-refractivity contribution is 0.0526. The van der Waals surface area contributed by atoms with Gasteiger partial charge in [0.2, 0.25) is 0 Å². The lowest BCUT2D eigenvalue weighted by Gasteiger charge is -2.33. The highest BCUT2D eigenvalue weighted by Crippen LogP contribution is 2.25. The lowest BCUT2D eigenvalue weighted by atomic mass is 10.0. The Kier molecular flexibility index (Phi) is 9.46. The zero-order valence-corrected chi connectivity index (χ0v) is 22.3. The van der Waals surface area contributed by atoms with Crippen LogP contribution in [0, 0.1) is 6.92 Å². The Bertz CT molecular complexity index is 1200. The predicted octanol–water partition coefficient (Wildman–Crippen LogP) is 5.13. The van der Waals surface area contributed by atoms with E-state index < -0.39 is 0 Å². The number of anilines is 2. The maximum atomic E-state index is 12.4. The number of piperidine rings is 1. The molecule has 7 nitrogen and oxygen atoms in total. The highest BCUT2D eigenvalue weighted by Gasteiger charge is 2.20. The summed E-state index contributed by atoms with van der Waals surface area (Å²) in [6.07, 6.45) is 2.03. The fourth-order valence-corrected chi connectivity index (χ4v) is 4.72. The second kappa shape index (κ2) is 13.2. The van der Waals surface area contributed by atoms with Crippen molar-refractivity contribution in [1.82, 2.24) is 15.2 Å². The number of nitrogens with one attached hydrogen (secondary N) is 3. The number of nitrogens with zero attached hydrogens (tertiary/aromatic N) is 2. The van der Waals surface area contributed by atoms with E-state index in [2.05, 4.69) is 56.2 Å². The largest absolute Gasteiger partial charge is 0.462 e. The van der Waals surface area contributed by atoms with Crippen molar-refractivity contribution < 1.29 is 9.53 Å². The Morgan fingerprint density at radius 2 is 1.84 bits per heavy atom. The van der Waals surface area contributed by atoms with Crippen molar-refractivity contribution in [2.75, 3.05) is 30.3 Å². The molecule has 194 valence electrons. The Morgan fingerprint density at radius 3 is 2.57 bits per heavy atom. The number of carbonyl (C=O) groups excluding carboxylic acids is 1. The minimum atomic E-state index is -0.359. The third-order valence-electron chi connectivity index (χ3n) is 6.36. The number of thiocarbonyl (C=S) groups is 1. The number of hydrogen-bond acceptors (Lipinski definition) is 6. The molecule has 0 amide bonds. The van der Waals surface area contributed by atoms with Gasteiger partial charge in [0.25, 0.3) is 0 Å². The molecule has 0 saturated carbocycles. The Labute approximate surface area is 224 Å². The average molecular weight is 518 g/mol. The smallest absolute Gasteiger partial charge is 0.338 e. The van der Waals surface area contributed by atoms with E-state index in [1.807, 2.05) is 31.2 Å². The number of aromatic nitrogens is 1. The van der Waals surface area contributed by atoms with Gasteiger partial charge in [-0.05, 0) is 74.8 Å². The van der Waals surface area contributed by atoms with Gasteiger partial charge in [-0.1, -0.05) is 36.4 Å². The maximum Gasteiger partial charge on any atom is 0.338 e. The average Bonchev–Trinajstić information content (AvgIpc) is 2.90. The first-order valence-electron chi connectivity index (χ1n) is 12.8. The molecule has 1 saturated heterocycles. The number of ether oxygens (including phenoxy) is 1. The van der Waals surface area contributed by atoms with Crippen LogP contribution in [0.2, 0.25) is 0 Å². The first-order valence-corrected chi connectivity index (χ1v) is 13.2. The van der Waals surface area contributed by atoms with Crippen molar-refractivity contribution in [2.24, 2.45) is 0 Å². The fourth-order valence-electron chi connectivity index (χ4n) is 4.45. The number of rotatable bonds is 9. The lowest BCUT2D eigenvalue weighted by Crippen LogP contribution is -2.45. The highest BCUT2D eigenvalue weighted by atomic mass is 32.1. The molecule has 37 heavy (non-hydrogen) atoms. The second-order valence-electron chi connectivity index (χ2n) is 9.24. The maximum absolute atomic E-state index is 12.4. The molecule has 3 aromatic rings. The standard InChI is InChI=1S/C29H35N5O2S/c1-3-36-28(35)23-12-13-26(30-19-25-11-7-8-21(2)31-25)27(18-23)33-29(37)32-24-14-16-34(17-15-24)20-22-9-5-4-6-10-22/h4-13,18,24,30H,3,14-17,19-20H2,1-2H3,(H2,32,33,37). The molecule has 0 unspecified atom stereocenters. The first-order chi connectivity index (χ1) is 18.0. The minimum Gasteiger partial charge on any atom is -0.462 e. The van der Waals surface area contributed by atoms with Crippen molar-refractivity contribution in [3.63, 3.8) is 0 Å². The zero-order valence-electron chi connectivity index (χ0n) is 21.5. The fraction of sp³-hybridized carbons (Fsp3) is 0.345. The van der Waals surface area contributed by atoms with Gasteiger partial charge < -0.3 is 20.7 Å². The number of aryl methyl sites for hydroxylation is 1. The molecule has 1 aliphatic heterocycles. The molecule has 0 bridgehead atoms. The number of hydrogen-bond donors (Lipinski definition) is 3. The summed E-state index contributed by atoms with van der Waals surface area (Å²) in [5.41, 5.74) is 5.27. The Balaban J connectivity index is 1.37. The van der Waals surface area contributed by atoms with Gasteiger partial charge in [-0.25, -0.2) is 4.79 Å². The van der Waals surface area contributed by atoms with Gasteiger partial charge in [0, 0.05) is 31.4 Å². The van der Waals surface area contributed by atoms with Gasteiger partial charge in [-0.2, -0.15) is 0 Å². The van der Waals surface area contributed by atoms with Crippen LogP contribution in [0.3, 0.4) is 0 Å². The Hall–Kier alpha value is -3.49. The molecule has 3 N–H and O–H groups in total. The quantitative estimate of drug-likeness (QED) is 0.266. The molecule has 4 rings (SSSR count). The highest BCUT2D eigenvalue weighted by molar-refractivity contribution is 7.80. The third kappa shape index (κ3) is 8.00. The summed E-state index contributed by atoms with van der Waals surface area (Å²) in [7, 11) is 0. The summed E-state index contributed by atoms with van der Waals surface area (Å²) in [4.78, 5) is 19.4. The van der Waals surface area contributed by atoms with Gasteiger partial charge in [0.1, 0.15) is 0 Å². The van der Waals surface area contributed by atoms with E-state index in [1.165, 1.54) is 5.56 Å². The van der Waals surface area contributed by atoms with Crippen LogP contribution in [0.1, 0.15) is 47.1 Å². The summed E-state index contributed by atoms with van der Waals surface area (Å²) in [5.74, 6) is -0.359. The van der Waals surface area contributed by atoms with Gasteiger partial charge in [0.05, 0.1) is 35.8 Å².